The van der Waals surface area contributed by atoms with Crippen molar-refractivity contribution in [1.82, 2.24) is 9.55 Å². The molecule has 0 bridgehead atoms. The Bertz CT molecular complexity index is 2990. The van der Waals surface area contributed by atoms with Gasteiger partial charge in [0.1, 0.15) is 0 Å². The minimum absolute atomic E-state index is 1.01. The van der Waals surface area contributed by atoms with Crippen molar-refractivity contribution in [2.24, 2.45) is 0 Å². The smallest absolute Gasteiger partial charge is 0.0619 e. The van der Waals surface area contributed by atoms with E-state index in [2.05, 4.69) is 180 Å². The molecule has 0 atom stereocenters. The van der Waals surface area contributed by atoms with Crippen molar-refractivity contribution in [3.8, 4) is 5.69 Å². The summed E-state index contributed by atoms with van der Waals surface area (Å²) in [6.45, 7) is 4.41. The number of hydrogen-bond acceptors (Lipinski definition) is 0. The Hall–Kier alpha value is -6.38. The highest BCUT2D eigenvalue weighted by molar-refractivity contribution is 6.20. The predicted molar refractivity (Wildman–Crippen MR) is 213 cm³/mol. The van der Waals surface area contributed by atoms with Crippen LogP contribution in [-0.4, -0.2) is 9.55 Å². The Morgan fingerprint density at radius 1 is 0.660 bits per heavy atom. The maximum atomic E-state index is 4.41. The summed E-state index contributed by atoms with van der Waals surface area (Å²) in [5, 5.41) is 9.94. The second-order valence-corrected chi connectivity index (χ2v) is 13.3. The topological polar surface area (TPSA) is 20.7 Å². The monoisotopic (exact) mass is 638 g/mol. The van der Waals surface area contributed by atoms with Crippen LogP contribution in [0, 0.1) is 0 Å². The van der Waals surface area contributed by atoms with Crippen LogP contribution >= 0.6 is 0 Å². The maximum Gasteiger partial charge on any atom is 0.0619 e. The van der Waals surface area contributed by atoms with Crippen LogP contribution in [0.15, 0.2) is 158 Å². The number of H-pyrrole nitrogens is 1. The average Bonchev–Trinajstić information content (AvgIpc) is 3.72. The molecule has 2 nitrogen and oxygen atoms in total. The lowest BCUT2D eigenvalue weighted by Crippen LogP contribution is -2.27. The van der Waals surface area contributed by atoms with Gasteiger partial charge < -0.3 is 9.55 Å². The van der Waals surface area contributed by atoms with Crippen molar-refractivity contribution in [2.45, 2.75) is 12.8 Å². The second kappa shape index (κ2) is 11.4. The maximum absolute atomic E-state index is 4.41. The highest BCUT2D eigenvalue weighted by atomic mass is 15.0. The van der Waals surface area contributed by atoms with Crippen LogP contribution in [0.3, 0.4) is 0 Å². The van der Waals surface area contributed by atoms with Crippen LogP contribution in [0.1, 0.15) is 28.7 Å². The van der Waals surface area contributed by atoms with E-state index in [1.165, 1.54) is 92.8 Å². The molecule has 0 fully saturated rings. The van der Waals surface area contributed by atoms with Gasteiger partial charge in [0.2, 0.25) is 0 Å². The second-order valence-electron chi connectivity index (χ2n) is 13.3. The summed E-state index contributed by atoms with van der Waals surface area (Å²) >= 11 is 0. The zero-order valence-electron chi connectivity index (χ0n) is 27.7. The standard InChI is InChI=1S/C48H34N2/c1-2-34(42-30-45-47(39-23-10-9-21-37(39)42)41-25-12-14-26-44(41)49-45)35-19-7-6-16-31(35)28-32-29-43-38-22-13-15-27-46(38)50(33-17-4-3-5-18-33)48(43)40-24-11-8-20-36(32)40/h2-8,10-20,22-30,49H,1,9,21H2/b31-28+,35-34+. The predicted octanol–water partition coefficient (Wildman–Crippen LogP) is 10.7. The van der Waals surface area contributed by atoms with Crippen molar-refractivity contribution >= 4 is 72.1 Å². The molecule has 2 heteroatoms. The fraction of sp³-hybridized carbons (Fsp3) is 0.0417. The minimum atomic E-state index is 1.01. The Balaban J connectivity index is 1.29. The number of fused-ring (bicyclic) bond motifs is 10. The van der Waals surface area contributed by atoms with Gasteiger partial charge in [-0.25, -0.2) is 0 Å². The molecule has 2 heterocycles. The number of aromatic amines is 1. The van der Waals surface area contributed by atoms with E-state index in [0.29, 0.717) is 0 Å². The molecule has 9 aromatic rings. The number of hydrogen-bond donors (Lipinski definition) is 1. The van der Waals surface area contributed by atoms with Crippen molar-refractivity contribution in [3.63, 3.8) is 0 Å². The first-order chi connectivity index (χ1) is 24.8. The molecular weight excluding hydrogens is 605 g/mol. The molecule has 0 saturated heterocycles. The highest BCUT2D eigenvalue weighted by Crippen LogP contribution is 2.39. The molecule has 236 valence electrons. The van der Waals surface area contributed by atoms with Gasteiger partial charge in [-0.3, -0.25) is 0 Å². The number of benzene rings is 7. The van der Waals surface area contributed by atoms with Crippen molar-refractivity contribution in [1.29, 1.82) is 0 Å². The first-order valence-electron chi connectivity index (χ1n) is 17.5. The van der Waals surface area contributed by atoms with E-state index >= 15 is 0 Å². The normalized spacial score (nSPS) is 13.9. The van der Waals surface area contributed by atoms with Crippen LogP contribution < -0.4 is 10.4 Å². The molecule has 0 amide bonds. The molecule has 0 unspecified atom stereocenters. The third-order valence-corrected chi connectivity index (χ3v) is 10.6. The van der Waals surface area contributed by atoms with Crippen LogP contribution in [0.2, 0.25) is 0 Å². The van der Waals surface area contributed by atoms with E-state index < -0.39 is 0 Å². The van der Waals surface area contributed by atoms with E-state index in [9.17, 15) is 0 Å². The number of para-hydroxylation sites is 3. The molecule has 0 spiro atoms. The molecule has 0 saturated carbocycles. The SMILES string of the molecule is C=C/C(c1cc2[nH]c3ccccc3c2c2c1CCC=C2)=c1/cccc/c1=C\c1cc2c3ccccc3n(-c3ccccc3)c2c2ccccc12. The van der Waals surface area contributed by atoms with Gasteiger partial charge in [-0.2, -0.15) is 0 Å². The molecule has 10 rings (SSSR count). The number of nitrogens with zero attached hydrogens (tertiary/aromatic N) is 1. The van der Waals surface area contributed by atoms with E-state index in [0.717, 1.165) is 18.4 Å². The van der Waals surface area contributed by atoms with Crippen LogP contribution in [0.4, 0.5) is 0 Å². The Labute approximate surface area is 290 Å². The van der Waals surface area contributed by atoms with Gasteiger partial charge in [0.15, 0.2) is 0 Å². The molecule has 1 N–H and O–H groups in total. The minimum Gasteiger partial charge on any atom is -0.354 e. The van der Waals surface area contributed by atoms with E-state index in [-0.39, 0.29) is 0 Å². The fourth-order valence-electron chi connectivity index (χ4n) is 8.43. The molecule has 0 radical (unpaired) electrons. The first kappa shape index (κ1) is 28.6. The van der Waals surface area contributed by atoms with Gasteiger partial charge in [0, 0.05) is 43.7 Å². The average molecular weight is 639 g/mol. The summed E-state index contributed by atoms with van der Waals surface area (Å²) in [6, 6.07) is 50.6. The molecular formula is C48H34N2. The largest absolute Gasteiger partial charge is 0.354 e. The highest BCUT2D eigenvalue weighted by Gasteiger charge is 2.20. The van der Waals surface area contributed by atoms with E-state index in [1.54, 1.807) is 0 Å². The van der Waals surface area contributed by atoms with Crippen LogP contribution in [-0.2, 0) is 6.42 Å². The molecule has 7 aromatic carbocycles. The summed E-state index contributed by atoms with van der Waals surface area (Å²) in [6.07, 6.45) is 11.1. The summed E-state index contributed by atoms with van der Waals surface area (Å²) in [7, 11) is 0. The van der Waals surface area contributed by atoms with Gasteiger partial charge in [-0.15, -0.1) is 0 Å². The zero-order chi connectivity index (χ0) is 33.2. The zero-order valence-corrected chi connectivity index (χ0v) is 27.7. The number of nitrogens with one attached hydrogen (secondary N) is 1. The lowest BCUT2D eigenvalue weighted by molar-refractivity contribution is 0.984. The van der Waals surface area contributed by atoms with Crippen LogP contribution in [0.5, 0.6) is 0 Å². The first-order valence-corrected chi connectivity index (χ1v) is 17.5. The number of rotatable bonds is 4. The Morgan fingerprint density at radius 3 is 2.24 bits per heavy atom. The lowest BCUT2D eigenvalue weighted by Gasteiger charge is -2.18. The Kier molecular flexibility index (Phi) is 6.50. The third-order valence-electron chi connectivity index (χ3n) is 10.6. The number of allylic oxidation sites excluding steroid dienone is 2. The quantitative estimate of drug-likeness (QED) is 0.198. The summed E-state index contributed by atoms with van der Waals surface area (Å²) < 4.78 is 2.42. The third kappa shape index (κ3) is 4.28. The van der Waals surface area contributed by atoms with Crippen molar-refractivity contribution in [3.05, 3.63) is 191 Å². The van der Waals surface area contributed by atoms with Crippen molar-refractivity contribution in [2.75, 3.05) is 0 Å². The van der Waals surface area contributed by atoms with Gasteiger partial charge in [0.05, 0.1) is 11.0 Å². The summed E-state index contributed by atoms with van der Waals surface area (Å²) in [5.41, 5.74) is 12.3. The summed E-state index contributed by atoms with van der Waals surface area (Å²) in [5.74, 6) is 0. The molecule has 50 heavy (non-hydrogen) atoms. The molecule has 2 aromatic heterocycles. The molecule has 0 aliphatic heterocycles. The van der Waals surface area contributed by atoms with E-state index in [4.69, 9.17) is 0 Å². The van der Waals surface area contributed by atoms with Gasteiger partial charge in [-0.05, 0) is 99.0 Å². The Morgan fingerprint density at radius 2 is 1.38 bits per heavy atom. The van der Waals surface area contributed by atoms with E-state index in [1.807, 2.05) is 0 Å². The van der Waals surface area contributed by atoms with Gasteiger partial charge in [0.25, 0.3) is 0 Å². The summed E-state index contributed by atoms with van der Waals surface area (Å²) in [4.78, 5) is 3.73. The molecule has 1 aliphatic rings. The van der Waals surface area contributed by atoms with Gasteiger partial charge in [-0.1, -0.05) is 128 Å². The van der Waals surface area contributed by atoms with Gasteiger partial charge >= 0.3 is 0 Å². The fourth-order valence-corrected chi connectivity index (χ4v) is 8.43. The molecule has 1 aliphatic carbocycles. The van der Waals surface area contributed by atoms with Crippen LogP contribution in [0.25, 0.3) is 77.8 Å². The van der Waals surface area contributed by atoms with Crippen molar-refractivity contribution < 1.29 is 0 Å². The lowest BCUT2D eigenvalue weighted by atomic mass is 9.85. The number of aromatic nitrogens is 2.